The third-order valence-corrected chi connectivity index (χ3v) is 5.27. The molecule has 0 bridgehead atoms. The summed E-state index contributed by atoms with van der Waals surface area (Å²) in [5.74, 6) is -1.44. The standard InChI is InChI=1S/C14H15FN2O3S2/c1-8-9(2)21-13(17-8)7-16-14(18)11-6-10(22(3,19)20)4-5-12(11)15/h4-6H,7H2,1-3H3,(H,16,18). The van der Waals surface area contributed by atoms with Gasteiger partial charge in [-0.25, -0.2) is 17.8 Å². The van der Waals surface area contributed by atoms with Gasteiger partial charge >= 0.3 is 0 Å². The van der Waals surface area contributed by atoms with Gasteiger partial charge in [-0.1, -0.05) is 0 Å². The van der Waals surface area contributed by atoms with Crippen LogP contribution in [0.25, 0.3) is 0 Å². The van der Waals surface area contributed by atoms with Gasteiger partial charge in [-0.05, 0) is 32.0 Å². The summed E-state index contributed by atoms with van der Waals surface area (Å²) in [4.78, 5) is 17.3. The zero-order chi connectivity index (χ0) is 16.5. The number of aryl methyl sites for hydroxylation is 2. The maximum absolute atomic E-state index is 13.7. The number of benzene rings is 1. The number of amides is 1. The molecule has 0 fully saturated rings. The number of rotatable bonds is 4. The summed E-state index contributed by atoms with van der Waals surface area (Å²) in [6, 6.07) is 3.15. The quantitative estimate of drug-likeness (QED) is 0.865. The Labute approximate surface area is 132 Å². The fourth-order valence-corrected chi connectivity index (χ4v) is 3.30. The number of nitrogens with one attached hydrogen (secondary N) is 1. The molecular formula is C14H15FN2O3S2. The lowest BCUT2D eigenvalue weighted by Gasteiger charge is -2.06. The molecule has 1 N–H and O–H groups in total. The van der Waals surface area contributed by atoms with E-state index in [9.17, 15) is 17.6 Å². The summed E-state index contributed by atoms with van der Waals surface area (Å²) in [5.41, 5.74) is 0.590. The molecule has 1 heterocycles. The molecule has 0 radical (unpaired) electrons. The maximum atomic E-state index is 13.7. The van der Waals surface area contributed by atoms with Gasteiger partial charge < -0.3 is 5.32 Å². The molecule has 0 aliphatic carbocycles. The predicted molar refractivity (Wildman–Crippen MR) is 82.3 cm³/mol. The van der Waals surface area contributed by atoms with Crippen molar-refractivity contribution in [1.82, 2.24) is 10.3 Å². The van der Waals surface area contributed by atoms with Crippen LogP contribution in [0.15, 0.2) is 23.1 Å². The van der Waals surface area contributed by atoms with Crippen LogP contribution in [0.1, 0.15) is 25.9 Å². The van der Waals surface area contributed by atoms with Crippen molar-refractivity contribution in [3.05, 3.63) is 45.2 Å². The number of hydrogen-bond donors (Lipinski definition) is 1. The van der Waals surface area contributed by atoms with Gasteiger partial charge in [0.25, 0.3) is 5.91 Å². The van der Waals surface area contributed by atoms with Crippen LogP contribution in [0.3, 0.4) is 0 Å². The molecule has 0 unspecified atom stereocenters. The average molecular weight is 342 g/mol. The smallest absolute Gasteiger partial charge is 0.254 e. The summed E-state index contributed by atoms with van der Waals surface area (Å²) < 4.78 is 36.7. The van der Waals surface area contributed by atoms with E-state index in [-0.39, 0.29) is 17.0 Å². The minimum absolute atomic E-state index is 0.0972. The molecule has 2 aromatic rings. The number of nitrogens with zero attached hydrogens (tertiary/aromatic N) is 1. The van der Waals surface area contributed by atoms with Crippen molar-refractivity contribution in [2.45, 2.75) is 25.3 Å². The van der Waals surface area contributed by atoms with Crippen molar-refractivity contribution in [3.8, 4) is 0 Å². The number of halogens is 1. The Morgan fingerprint density at radius 2 is 2.05 bits per heavy atom. The van der Waals surface area contributed by atoms with E-state index in [4.69, 9.17) is 0 Å². The van der Waals surface area contributed by atoms with E-state index in [2.05, 4.69) is 10.3 Å². The van der Waals surface area contributed by atoms with Crippen molar-refractivity contribution >= 4 is 27.1 Å². The third-order valence-electron chi connectivity index (χ3n) is 3.08. The van der Waals surface area contributed by atoms with Crippen LogP contribution < -0.4 is 5.32 Å². The molecule has 22 heavy (non-hydrogen) atoms. The van der Waals surface area contributed by atoms with Crippen molar-refractivity contribution in [2.75, 3.05) is 6.26 Å². The maximum Gasteiger partial charge on any atom is 0.254 e. The van der Waals surface area contributed by atoms with Crippen LogP contribution in [0, 0.1) is 19.7 Å². The first-order valence-corrected chi connectivity index (χ1v) is 9.10. The van der Waals surface area contributed by atoms with Gasteiger partial charge in [0.1, 0.15) is 10.8 Å². The highest BCUT2D eigenvalue weighted by Crippen LogP contribution is 2.17. The van der Waals surface area contributed by atoms with Crippen LogP contribution in [0.5, 0.6) is 0 Å². The summed E-state index contributed by atoms with van der Waals surface area (Å²) >= 11 is 1.45. The second-order valence-electron chi connectivity index (χ2n) is 4.85. The lowest BCUT2D eigenvalue weighted by molar-refractivity contribution is 0.0946. The number of thiazole rings is 1. The first-order chi connectivity index (χ1) is 10.2. The van der Waals surface area contributed by atoms with E-state index in [1.165, 1.54) is 11.3 Å². The normalized spacial score (nSPS) is 11.5. The second kappa shape index (κ2) is 6.13. The van der Waals surface area contributed by atoms with E-state index in [1.54, 1.807) is 0 Å². The van der Waals surface area contributed by atoms with Crippen LogP contribution in [0.2, 0.25) is 0 Å². The van der Waals surface area contributed by atoms with E-state index in [0.29, 0.717) is 5.01 Å². The third kappa shape index (κ3) is 3.69. The average Bonchev–Trinajstić information content (AvgIpc) is 2.74. The lowest BCUT2D eigenvalue weighted by atomic mass is 10.2. The summed E-state index contributed by atoms with van der Waals surface area (Å²) in [5, 5.41) is 3.26. The second-order valence-corrected chi connectivity index (χ2v) is 8.15. The molecule has 0 aliphatic heterocycles. The monoisotopic (exact) mass is 342 g/mol. The molecule has 0 spiro atoms. The minimum Gasteiger partial charge on any atom is -0.345 e. The zero-order valence-corrected chi connectivity index (χ0v) is 13.9. The molecule has 0 saturated carbocycles. The molecule has 1 aromatic heterocycles. The van der Waals surface area contributed by atoms with Crippen LogP contribution in [0.4, 0.5) is 4.39 Å². The molecule has 1 aromatic carbocycles. The number of aromatic nitrogens is 1. The zero-order valence-electron chi connectivity index (χ0n) is 12.3. The minimum atomic E-state index is -3.50. The van der Waals surface area contributed by atoms with Crippen molar-refractivity contribution < 1.29 is 17.6 Å². The summed E-state index contributed by atoms with van der Waals surface area (Å²) in [7, 11) is -3.50. The number of hydrogen-bond acceptors (Lipinski definition) is 5. The Hall–Kier alpha value is -1.80. The highest BCUT2D eigenvalue weighted by atomic mass is 32.2. The number of sulfone groups is 1. The molecule has 5 nitrogen and oxygen atoms in total. The molecule has 2 rings (SSSR count). The van der Waals surface area contributed by atoms with Gasteiger partial charge in [0, 0.05) is 11.1 Å². The number of carbonyl (C=O) groups excluding carboxylic acids is 1. The van der Waals surface area contributed by atoms with Crippen LogP contribution in [-0.2, 0) is 16.4 Å². The van der Waals surface area contributed by atoms with Crippen molar-refractivity contribution in [2.24, 2.45) is 0 Å². The molecule has 118 valence electrons. The van der Waals surface area contributed by atoms with Crippen molar-refractivity contribution in [3.63, 3.8) is 0 Å². The first-order valence-electron chi connectivity index (χ1n) is 6.39. The van der Waals surface area contributed by atoms with E-state index >= 15 is 0 Å². The Kier molecular flexibility index (Phi) is 4.62. The highest BCUT2D eigenvalue weighted by Gasteiger charge is 2.16. The number of carbonyl (C=O) groups is 1. The summed E-state index contributed by atoms with van der Waals surface area (Å²) in [6.45, 7) is 3.96. The van der Waals surface area contributed by atoms with E-state index in [0.717, 1.165) is 35.0 Å². The van der Waals surface area contributed by atoms with Gasteiger partial charge in [0.2, 0.25) is 0 Å². The lowest BCUT2D eigenvalue weighted by Crippen LogP contribution is -2.24. The Bertz CT molecular complexity index is 809. The largest absolute Gasteiger partial charge is 0.345 e. The van der Waals surface area contributed by atoms with Crippen molar-refractivity contribution in [1.29, 1.82) is 0 Å². The Morgan fingerprint density at radius 1 is 1.36 bits per heavy atom. The first kappa shape index (κ1) is 16.6. The van der Waals surface area contributed by atoms with Gasteiger partial charge in [0.15, 0.2) is 9.84 Å². The summed E-state index contributed by atoms with van der Waals surface area (Å²) in [6.07, 6.45) is 1.00. The van der Waals surface area contributed by atoms with Crippen LogP contribution >= 0.6 is 11.3 Å². The van der Waals surface area contributed by atoms with E-state index in [1.807, 2.05) is 13.8 Å². The Balaban J connectivity index is 2.19. The fourth-order valence-electron chi connectivity index (χ4n) is 1.77. The molecule has 0 saturated heterocycles. The Morgan fingerprint density at radius 3 is 2.59 bits per heavy atom. The predicted octanol–water partition coefficient (Wildman–Crippen LogP) is 2.23. The van der Waals surface area contributed by atoms with Gasteiger partial charge in [-0.3, -0.25) is 4.79 Å². The molecule has 0 atom stereocenters. The topological polar surface area (TPSA) is 76.1 Å². The van der Waals surface area contributed by atoms with Crippen LogP contribution in [-0.4, -0.2) is 25.6 Å². The molecular weight excluding hydrogens is 327 g/mol. The highest BCUT2D eigenvalue weighted by molar-refractivity contribution is 7.90. The molecule has 1 amide bonds. The SMILES string of the molecule is Cc1nc(CNC(=O)c2cc(S(C)(=O)=O)ccc2F)sc1C. The van der Waals surface area contributed by atoms with Gasteiger partial charge in [-0.15, -0.1) is 11.3 Å². The fraction of sp³-hybridized carbons (Fsp3) is 0.286. The van der Waals surface area contributed by atoms with Gasteiger partial charge in [0.05, 0.1) is 22.7 Å². The molecule has 8 heteroatoms. The van der Waals surface area contributed by atoms with E-state index < -0.39 is 21.6 Å². The van der Waals surface area contributed by atoms with Gasteiger partial charge in [-0.2, -0.15) is 0 Å². The molecule has 0 aliphatic rings.